The molecule has 1 aliphatic rings. The predicted octanol–water partition coefficient (Wildman–Crippen LogP) is 4.98. The van der Waals surface area contributed by atoms with Gasteiger partial charge in [-0.1, -0.05) is 47.8 Å². The van der Waals surface area contributed by atoms with Gasteiger partial charge < -0.3 is 5.11 Å². The summed E-state index contributed by atoms with van der Waals surface area (Å²) in [5, 5.41) is 20.3. The van der Waals surface area contributed by atoms with E-state index in [0.717, 1.165) is 41.6 Å². The van der Waals surface area contributed by atoms with Crippen molar-refractivity contribution >= 4 is 15.9 Å². The zero-order valence-electron chi connectivity index (χ0n) is 12.0. The smallest absolute Gasteiger partial charge is 0.0976 e. The standard InChI is InChI=1S/C17H22BrNO/c1-2-4-13-7-9-17(12-19,10-8-13)16(20)14-5-3-6-15(18)11-14/h3,5-6,11,13,16,20H,2,4,7-10H2,1H3. The molecule has 0 aliphatic heterocycles. The van der Waals surface area contributed by atoms with E-state index in [0.29, 0.717) is 0 Å². The summed E-state index contributed by atoms with van der Waals surface area (Å²) in [7, 11) is 0. The van der Waals surface area contributed by atoms with E-state index in [1.54, 1.807) is 0 Å². The Kier molecular flexibility index (Phi) is 5.23. The van der Waals surface area contributed by atoms with Gasteiger partial charge in [0.1, 0.15) is 0 Å². The van der Waals surface area contributed by atoms with Gasteiger partial charge in [-0.3, -0.25) is 0 Å². The predicted molar refractivity (Wildman–Crippen MR) is 84.0 cm³/mol. The summed E-state index contributed by atoms with van der Waals surface area (Å²) >= 11 is 3.43. The van der Waals surface area contributed by atoms with Gasteiger partial charge in [0.15, 0.2) is 0 Å². The zero-order chi connectivity index (χ0) is 14.6. The summed E-state index contributed by atoms with van der Waals surface area (Å²) in [6.07, 6.45) is 5.50. The van der Waals surface area contributed by atoms with Crippen molar-refractivity contribution in [1.29, 1.82) is 5.26 Å². The molecule has 1 saturated carbocycles. The minimum absolute atomic E-state index is 0.606. The van der Waals surface area contributed by atoms with Gasteiger partial charge in [-0.15, -0.1) is 0 Å². The van der Waals surface area contributed by atoms with Crippen LogP contribution >= 0.6 is 15.9 Å². The molecule has 1 unspecified atom stereocenters. The first-order chi connectivity index (χ1) is 9.61. The van der Waals surface area contributed by atoms with Crippen molar-refractivity contribution in [3.63, 3.8) is 0 Å². The molecule has 0 spiro atoms. The first-order valence-corrected chi connectivity index (χ1v) is 8.25. The number of hydrogen-bond acceptors (Lipinski definition) is 2. The van der Waals surface area contributed by atoms with Crippen LogP contribution in [0.2, 0.25) is 0 Å². The molecule has 1 fully saturated rings. The molecule has 3 heteroatoms. The number of aliphatic hydroxyl groups is 1. The maximum absolute atomic E-state index is 10.7. The Balaban J connectivity index is 2.14. The summed E-state index contributed by atoms with van der Waals surface area (Å²) in [4.78, 5) is 0. The highest BCUT2D eigenvalue weighted by Gasteiger charge is 2.42. The molecule has 20 heavy (non-hydrogen) atoms. The summed E-state index contributed by atoms with van der Waals surface area (Å²) in [6, 6.07) is 10.1. The average molecular weight is 336 g/mol. The van der Waals surface area contributed by atoms with Crippen molar-refractivity contribution in [1.82, 2.24) is 0 Å². The quantitative estimate of drug-likeness (QED) is 0.842. The third-order valence-corrected chi connectivity index (χ3v) is 5.10. The van der Waals surface area contributed by atoms with Crippen LogP contribution in [0.15, 0.2) is 28.7 Å². The lowest BCUT2D eigenvalue weighted by Crippen LogP contribution is -2.32. The fourth-order valence-electron chi connectivity index (χ4n) is 3.33. The Labute approximate surface area is 129 Å². The van der Waals surface area contributed by atoms with Crippen LogP contribution in [0.4, 0.5) is 0 Å². The van der Waals surface area contributed by atoms with Crippen molar-refractivity contribution in [2.24, 2.45) is 11.3 Å². The van der Waals surface area contributed by atoms with Gasteiger partial charge in [0.05, 0.1) is 17.6 Å². The summed E-state index contributed by atoms with van der Waals surface area (Å²) in [5.74, 6) is 0.733. The largest absolute Gasteiger partial charge is 0.387 e. The van der Waals surface area contributed by atoms with Crippen LogP contribution in [-0.2, 0) is 0 Å². The van der Waals surface area contributed by atoms with E-state index in [1.165, 1.54) is 12.8 Å². The van der Waals surface area contributed by atoms with E-state index >= 15 is 0 Å². The second-order valence-electron chi connectivity index (χ2n) is 5.96. The minimum atomic E-state index is -0.687. The van der Waals surface area contributed by atoms with Gasteiger partial charge in [0, 0.05) is 4.47 Å². The number of nitrogens with zero attached hydrogens (tertiary/aromatic N) is 1. The van der Waals surface area contributed by atoms with Crippen LogP contribution in [0.5, 0.6) is 0 Å². The van der Waals surface area contributed by atoms with Crippen LogP contribution in [0.3, 0.4) is 0 Å². The van der Waals surface area contributed by atoms with Crippen LogP contribution in [-0.4, -0.2) is 5.11 Å². The van der Waals surface area contributed by atoms with E-state index < -0.39 is 11.5 Å². The monoisotopic (exact) mass is 335 g/mol. The fourth-order valence-corrected chi connectivity index (χ4v) is 3.75. The summed E-state index contributed by atoms with van der Waals surface area (Å²) in [5.41, 5.74) is 0.236. The van der Waals surface area contributed by atoms with E-state index in [9.17, 15) is 10.4 Å². The van der Waals surface area contributed by atoms with E-state index in [2.05, 4.69) is 28.9 Å². The van der Waals surface area contributed by atoms with Gasteiger partial charge in [0.25, 0.3) is 0 Å². The molecule has 2 rings (SSSR count). The van der Waals surface area contributed by atoms with Crippen molar-refractivity contribution in [2.45, 2.75) is 51.6 Å². The number of nitriles is 1. The minimum Gasteiger partial charge on any atom is -0.387 e. The molecular weight excluding hydrogens is 314 g/mol. The van der Waals surface area contributed by atoms with E-state index in [4.69, 9.17) is 0 Å². The molecule has 2 nitrogen and oxygen atoms in total. The maximum atomic E-state index is 10.7. The van der Waals surface area contributed by atoms with Crippen molar-refractivity contribution < 1.29 is 5.11 Å². The van der Waals surface area contributed by atoms with Crippen molar-refractivity contribution in [3.05, 3.63) is 34.3 Å². The highest BCUT2D eigenvalue weighted by Crippen LogP contribution is 2.48. The van der Waals surface area contributed by atoms with E-state index in [-0.39, 0.29) is 0 Å². The third kappa shape index (κ3) is 3.24. The lowest BCUT2D eigenvalue weighted by atomic mass is 9.66. The Morgan fingerprint density at radius 3 is 2.70 bits per heavy atom. The van der Waals surface area contributed by atoms with Crippen LogP contribution in [0.1, 0.15) is 57.1 Å². The molecule has 1 aromatic carbocycles. The van der Waals surface area contributed by atoms with Crippen molar-refractivity contribution in [3.8, 4) is 6.07 Å². The number of rotatable bonds is 4. The SMILES string of the molecule is CCCC1CCC(C#N)(C(O)c2cccc(Br)c2)CC1. The van der Waals surface area contributed by atoms with Gasteiger partial charge >= 0.3 is 0 Å². The molecule has 0 radical (unpaired) electrons. The lowest BCUT2D eigenvalue weighted by molar-refractivity contribution is 0.0236. The highest BCUT2D eigenvalue weighted by molar-refractivity contribution is 9.10. The molecule has 0 aromatic heterocycles. The van der Waals surface area contributed by atoms with E-state index in [1.807, 2.05) is 24.3 Å². The second kappa shape index (κ2) is 6.74. The molecular formula is C17H22BrNO. The summed E-state index contributed by atoms with van der Waals surface area (Å²) < 4.78 is 0.946. The lowest BCUT2D eigenvalue weighted by Gasteiger charge is -2.38. The normalized spacial score (nSPS) is 27.8. The number of aliphatic hydroxyl groups excluding tert-OH is 1. The molecule has 108 valence electrons. The summed E-state index contributed by atoms with van der Waals surface area (Å²) in [6.45, 7) is 2.21. The molecule has 1 N–H and O–H groups in total. The van der Waals surface area contributed by atoms with Gasteiger partial charge in [-0.25, -0.2) is 0 Å². The first-order valence-electron chi connectivity index (χ1n) is 7.46. The van der Waals surface area contributed by atoms with Crippen molar-refractivity contribution in [2.75, 3.05) is 0 Å². The molecule has 1 aliphatic carbocycles. The molecule has 1 aromatic rings. The molecule has 0 saturated heterocycles. The third-order valence-electron chi connectivity index (χ3n) is 4.60. The molecule has 0 amide bonds. The molecule has 1 atom stereocenters. The average Bonchev–Trinajstić information content (AvgIpc) is 2.48. The van der Waals surface area contributed by atoms with Crippen LogP contribution < -0.4 is 0 Å². The fraction of sp³-hybridized carbons (Fsp3) is 0.588. The highest BCUT2D eigenvalue weighted by atomic mass is 79.9. The number of hydrogen-bond donors (Lipinski definition) is 1. The zero-order valence-corrected chi connectivity index (χ0v) is 13.6. The molecule has 0 heterocycles. The van der Waals surface area contributed by atoms with Crippen LogP contribution in [0.25, 0.3) is 0 Å². The second-order valence-corrected chi connectivity index (χ2v) is 6.87. The topological polar surface area (TPSA) is 44.0 Å². The maximum Gasteiger partial charge on any atom is 0.0976 e. The molecule has 0 bridgehead atoms. The Morgan fingerprint density at radius 1 is 1.45 bits per heavy atom. The number of benzene rings is 1. The Hall–Kier alpha value is -0.850. The van der Waals surface area contributed by atoms with Gasteiger partial charge in [-0.2, -0.15) is 5.26 Å². The first kappa shape index (κ1) is 15.5. The van der Waals surface area contributed by atoms with Gasteiger partial charge in [-0.05, 0) is 49.3 Å². The van der Waals surface area contributed by atoms with Gasteiger partial charge in [0.2, 0.25) is 0 Å². The Bertz CT molecular complexity index is 486. The Morgan fingerprint density at radius 2 is 2.15 bits per heavy atom. The number of halogens is 1. The van der Waals surface area contributed by atoms with Crippen LogP contribution in [0, 0.1) is 22.7 Å².